The molecule has 0 aromatic heterocycles. The molecule has 5 heteroatoms. The minimum absolute atomic E-state index is 0.0589. The molecule has 21 heavy (non-hydrogen) atoms. The number of rotatable bonds is 8. The molecule has 0 aliphatic rings. The van der Waals surface area contributed by atoms with Crippen LogP contribution in [0.4, 0.5) is 0 Å². The number of carbonyl (C=O) groups excluding carboxylic acids is 2. The van der Waals surface area contributed by atoms with Crippen LogP contribution in [0.1, 0.15) is 17.5 Å². The van der Waals surface area contributed by atoms with Crippen LogP contribution in [-0.4, -0.2) is 50.6 Å². The van der Waals surface area contributed by atoms with Crippen LogP contribution in [0, 0.1) is 6.92 Å². The van der Waals surface area contributed by atoms with Gasteiger partial charge in [0.1, 0.15) is 0 Å². The van der Waals surface area contributed by atoms with Crippen LogP contribution in [0.5, 0.6) is 0 Å². The first-order valence-electron chi connectivity index (χ1n) is 7.08. The average Bonchev–Trinajstić information content (AvgIpc) is 2.46. The Morgan fingerprint density at radius 2 is 2.00 bits per heavy atom. The number of likely N-dealkylation sites (N-methyl/N-ethyl adjacent to an activating group) is 1. The predicted octanol–water partition coefficient (Wildman–Crippen LogP) is 1.15. The highest BCUT2D eigenvalue weighted by molar-refractivity contribution is 5.85. The summed E-state index contributed by atoms with van der Waals surface area (Å²) in [6, 6.07) is 7.77. The molecule has 0 unspecified atom stereocenters. The van der Waals surface area contributed by atoms with Crippen molar-refractivity contribution in [2.75, 3.05) is 33.9 Å². The van der Waals surface area contributed by atoms with Crippen LogP contribution < -0.4 is 5.32 Å². The first-order valence-corrected chi connectivity index (χ1v) is 7.08. The Labute approximate surface area is 126 Å². The molecule has 0 heterocycles. The fourth-order valence-corrected chi connectivity index (χ4v) is 1.91. The second-order valence-corrected chi connectivity index (χ2v) is 5.05. The van der Waals surface area contributed by atoms with Gasteiger partial charge in [-0.1, -0.05) is 24.3 Å². The largest absolute Gasteiger partial charge is 0.385 e. The van der Waals surface area contributed by atoms with E-state index in [1.54, 1.807) is 14.2 Å². The molecule has 1 aromatic carbocycles. The molecule has 0 saturated heterocycles. The van der Waals surface area contributed by atoms with Gasteiger partial charge in [-0.3, -0.25) is 9.59 Å². The number of hydrogen-bond donors (Lipinski definition) is 1. The van der Waals surface area contributed by atoms with Crippen molar-refractivity contribution < 1.29 is 14.3 Å². The molecule has 2 amide bonds. The Bertz CT molecular complexity index is 474. The van der Waals surface area contributed by atoms with E-state index in [1.165, 1.54) is 4.90 Å². The molecule has 0 radical (unpaired) electrons. The molecule has 0 fully saturated rings. The Morgan fingerprint density at radius 1 is 1.29 bits per heavy atom. The zero-order valence-electron chi connectivity index (χ0n) is 13.0. The van der Waals surface area contributed by atoms with Crippen molar-refractivity contribution >= 4 is 11.8 Å². The summed E-state index contributed by atoms with van der Waals surface area (Å²) in [5.41, 5.74) is 2.08. The normalized spacial score (nSPS) is 10.2. The van der Waals surface area contributed by atoms with Gasteiger partial charge < -0.3 is 15.0 Å². The number of benzene rings is 1. The summed E-state index contributed by atoms with van der Waals surface area (Å²) in [6.07, 6.45) is 1.09. The van der Waals surface area contributed by atoms with Gasteiger partial charge in [0, 0.05) is 27.3 Å². The summed E-state index contributed by atoms with van der Waals surface area (Å²) >= 11 is 0. The maximum absolute atomic E-state index is 12.1. The van der Waals surface area contributed by atoms with E-state index in [0.29, 0.717) is 19.6 Å². The number of aryl methyl sites for hydroxylation is 1. The average molecular weight is 292 g/mol. The van der Waals surface area contributed by atoms with Crippen LogP contribution >= 0.6 is 0 Å². The number of amides is 2. The van der Waals surface area contributed by atoms with Crippen molar-refractivity contribution in [3.05, 3.63) is 35.4 Å². The summed E-state index contributed by atoms with van der Waals surface area (Å²) in [5, 5.41) is 2.77. The van der Waals surface area contributed by atoms with Crippen molar-refractivity contribution in [2.45, 2.75) is 19.8 Å². The highest BCUT2D eigenvalue weighted by Crippen LogP contribution is 2.08. The number of methoxy groups -OCH3 is 1. The molecule has 1 aromatic rings. The number of nitrogens with one attached hydrogen (secondary N) is 1. The van der Waals surface area contributed by atoms with Gasteiger partial charge >= 0.3 is 0 Å². The molecular formula is C16H24N2O3. The van der Waals surface area contributed by atoms with E-state index < -0.39 is 0 Å². The Hall–Kier alpha value is -1.88. The number of carbonyl (C=O) groups is 2. The van der Waals surface area contributed by atoms with Gasteiger partial charge in [-0.2, -0.15) is 0 Å². The van der Waals surface area contributed by atoms with E-state index in [1.807, 2.05) is 31.2 Å². The Morgan fingerprint density at radius 3 is 2.67 bits per heavy atom. The predicted molar refractivity (Wildman–Crippen MR) is 82.0 cm³/mol. The number of ether oxygens (including phenoxy) is 1. The quantitative estimate of drug-likeness (QED) is 0.731. The van der Waals surface area contributed by atoms with Crippen molar-refractivity contribution in [1.82, 2.24) is 10.2 Å². The van der Waals surface area contributed by atoms with Crippen LogP contribution in [0.3, 0.4) is 0 Å². The van der Waals surface area contributed by atoms with E-state index in [9.17, 15) is 9.59 Å². The third kappa shape index (κ3) is 6.40. The van der Waals surface area contributed by atoms with Crippen molar-refractivity contribution in [3.8, 4) is 0 Å². The molecule has 1 rings (SSSR count). The summed E-state index contributed by atoms with van der Waals surface area (Å²) in [7, 11) is 3.27. The van der Waals surface area contributed by atoms with Crippen molar-refractivity contribution in [1.29, 1.82) is 0 Å². The Kier molecular flexibility index (Phi) is 7.46. The summed E-state index contributed by atoms with van der Waals surface area (Å²) in [5.74, 6) is -0.205. The molecule has 0 aliphatic carbocycles. The molecule has 0 saturated carbocycles. The zero-order chi connectivity index (χ0) is 15.7. The fraction of sp³-hybridized carbons (Fsp3) is 0.500. The molecule has 0 aliphatic heterocycles. The van der Waals surface area contributed by atoms with Crippen molar-refractivity contribution in [2.24, 2.45) is 0 Å². The smallest absolute Gasteiger partial charge is 0.239 e. The van der Waals surface area contributed by atoms with Gasteiger partial charge in [-0.05, 0) is 24.5 Å². The van der Waals surface area contributed by atoms with Crippen LogP contribution in [0.25, 0.3) is 0 Å². The molecular weight excluding hydrogens is 268 g/mol. The minimum Gasteiger partial charge on any atom is -0.385 e. The van der Waals surface area contributed by atoms with Gasteiger partial charge in [0.15, 0.2) is 0 Å². The molecule has 1 N–H and O–H groups in total. The van der Waals surface area contributed by atoms with Gasteiger partial charge in [0.25, 0.3) is 0 Å². The lowest BCUT2D eigenvalue weighted by Gasteiger charge is -2.17. The molecule has 0 atom stereocenters. The standard InChI is InChI=1S/C16H24N2O3/c1-13-7-4-5-8-14(13)11-16(20)18(2)12-15(19)17-9-6-10-21-3/h4-5,7-8H,6,9-12H2,1-3H3,(H,17,19). The second-order valence-electron chi connectivity index (χ2n) is 5.05. The highest BCUT2D eigenvalue weighted by atomic mass is 16.5. The van der Waals surface area contributed by atoms with Crippen LogP contribution in [0.2, 0.25) is 0 Å². The maximum Gasteiger partial charge on any atom is 0.239 e. The maximum atomic E-state index is 12.1. The number of nitrogens with zero attached hydrogens (tertiary/aromatic N) is 1. The molecule has 116 valence electrons. The topological polar surface area (TPSA) is 58.6 Å². The zero-order valence-corrected chi connectivity index (χ0v) is 13.0. The third-order valence-electron chi connectivity index (χ3n) is 3.26. The SMILES string of the molecule is COCCCNC(=O)CN(C)C(=O)Cc1ccccc1C. The summed E-state index contributed by atoms with van der Waals surface area (Å²) < 4.78 is 4.90. The summed E-state index contributed by atoms with van der Waals surface area (Å²) in [6.45, 7) is 3.23. The molecule has 0 spiro atoms. The fourth-order valence-electron chi connectivity index (χ4n) is 1.91. The van der Waals surface area contributed by atoms with Crippen LogP contribution in [-0.2, 0) is 20.7 Å². The van der Waals surface area contributed by atoms with E-state index in [-0.39, 0.29) is 18.4 Å². The van der Waals surface area contributed by atoms with Crippen molar-refractivity contribution in [3.63, 3.8) is 0 Å². The third-order valence-corrected chi connectivity index (χ3v) is 3.26. The van der Waals surface area contributed by atoms with Gasteiger partial charge in [-0.15, -0.1) is 0 Å². The highest BCUT2D eigenvalue weighted by Gasteiger charge is 2.13. The lowest BCUT2D eigenvalue weighted by molar-refractivity contribution is -0.134. The van der Waals surface area contributed by atoms with Crippen LogP contribution in [0.15, 0.2) is 24.3 Å². The second kappa shape index (κ2) is 9.13. The Balaban J connectivity index is 2.37. The molecule has 5 nitrogen and oxygen atoms in total. The minimum atomic E-state index is -0.147. The van der Waals surface area contributed by atoms with Gasteiger partial charge in [-0.25, -0.2) is 0 Å². The first kappa shape index (κ1) is 17.2. The monoisotopic (exact) mass is 292 g/mol. The van der Waals surface area contributed by atoms with E-state index in [4.69, 9.17) is 4.74 Å². The van der Waals surface area contributed by atoms with E-state index in [0.717, 1.165) is 17.5 Å². The summed E-state index contributed by atoms with van der Waals surface area (Å²) in [4.78, 5) is 25.3. The van der Waals surface area contributed by atoms with Gasteiger partial charge in [0.05, 0.1) is 13.0 Å². The number of hydrogen-bond acceptors (Lipinski definition) is 3. The van der Waals surface area contributed by atoms with Gasteiger partial charge in [0.2, 0.25) is 11.8 Å². The lowest BCUT2D eigenvalue weighted by Crippen LogP contribution is -2.39. The van der Waals surface area contributed by atoms with E-state index in [2.05, 4.69) is 5.32 Å². The first-order chi connectivity index (χ1) is 10.0. The lowest BCUT2D eigenvalue weighted by atomic mass is 10.1. The van der Waals surface area contributed by atoms with E-state index >= 15 is 0 Å². The molecule has 0 bridgehead atoms.